The number of halogens is 2. The van der Waals surface area contributed by atoms with E-state index in [9.17, 15) is 4.79 Å². The SMILES string of the molecule is CCCCCC(F)(F)C=C[C@@H]1[C@@H](CC=CCCCC(=O)OC)[C@@H](O[Si](c2ccccc2)(c2ccccc2)C(C)(C)C)C[C@H]1OC1CCCCO1. The van der Waals surface area contributed by atoms with Crippen molar-refractivity contribution in [2.45, 2.75) is 134 Å². The summed E-state index contributed by atoms with van der Waals surface area (Å²) in [7, 11) is -1.56. The maximum absolute atomic E-state index is 15.3. The molecule has 0 spiro atoms. The molecule has 0 aromatic heterocycles. The van der Waals surface area contributed by atoms with E-state index in [1.165, 1.54) is 17.5 Å². The summed E-state index contributed by atoms with van der Waals surface area (Å²) in [5, 5.41) is 2.13. The predicted molar refractivity (Wildman–Crippen MR) is 200 cm³/mol. The molecule has 5 nitrogen and oxygen atoms in total. The molecule has 0 N–H and O–H groups in total. The molecular formula is C42H60F2O5Si. The molecule has 1 heterocycles. The molecule has 1 saturated heterocycles. The zero-order valence-corrected chi connectivity index (χ0v) is 32.0. The van der Waals surface area contributed by atoms with Crippen molar-refractivity contribution in [3.63, 3.8) is 0 Å². The number of rotatable bonds is 18. The number of esters is 1. The standard InChI is InChI=1S/C42H60F2O5Si/c1-6-7-19-29-42(43,44)30-28-36-35(25-16-8-9-17-26-39(45)46-5)38(32-37(36)48-40-27-18-20-31-47-40)49-50(41(2,3)4,33-21-12-10-13-22-33)34-23-14-11-15-24-34/h8,10-16,21-24,28,30,35-38,40H,6-7,9,17-20,25-27,29,31-32H2,1-5H3/t35-,36-,37-,38+,40?/m1/s1. The molecular weight excluding hydrogens is 651 g/mol. The van der Waals surface area contributed by atoms with Crippen LogP contribution >= 0.6 is 0 Å². The third-order valence-electron chi connectivity index (χ3n) is 10.3. The van der Waals surface area contributed by atoms with Crippen molar-refractivity contribution in [1.82, 2.24) is 0 Å². The molecule has 1 saturated carbocycles. The minimum atomic E-state index is -2.96. The quantitative estimate of drug-likeness (QED) is 0.0668. The van der Waals surface area contributed by atoms with Crippen LogP contribution in [0.2, 0.25) is 5.04 Å². The molecule has 0 radical (unpaired) electrons. The Bertz CT molecular complexity index is 1300. The van der Waals surface area contributed by atoms with E-state index in [0.29, 0.717) is 38.7 Å². The van der Waals surface area contributed by atoms with Gasteiger partial charge in [-0.1, -0.05) is 119 Å². The van der Waals surface area contributed by atoms with Gasteiger partial charge < -0.3 is 18.6 Å². The number of benzene rings is 2. The number of allylic oxidation sites excluding steroid dienone is 3. The van der Waals surface area contributed by atoms with Gasteiger partial charge >= 0.3 is 5.97 Å². The third-order valence-corrected chi connectivity index (χ3v) is 15.4. The first-order chi connectivity index (χ1) is 24.0. The van der Waals surface area contributed by atoms with Gasteiger partial charge in [-0.15, -0.1) is 0 Å². The summed E-state index contributed by atoms with van der Waals surface area (Å²) in [5.74, 6) is -3.51. The molecule has 0 amide bonds. The average molecular weight is 711 g/mol. The number of alkyl halides is 2. The Labute approximate surface area is 300 Å². The molecule has 2 aromatic carbocycles. The Balaban J connectivity index is 1.75. The molecule has 1 aliphatic heterocycles. The minimum absolute atomic E-state index is 0.107. The van der Waals surface area contributed by atoms with Gasteiger partial charge in [-0.05, 0) is 78.8 Å². The molecule has 4 rings (SSSR count). The first-order valence-electron chi connectivity index (χ1n) is 18.9. The second-order valence-corrected chi connectivity index (χ2v) is 19.3. The van der Waals surface area contributed by atoms with Crippen LogP contribution in [0.4, 0.5) is 8.78 Å². The highest BCUT2D eigenvalue weighted by Crippen LogP contribution is 2.46. The monoisotopic (exact) mass is 710 g/mol. The normalized spacial score (nSPS) is 23.5. The van der Waals surface area contributed by atoms with Crippen molar-refractivity contribution < 1.29 is 32.2 Å². The number of carbonyl (C=O) groups is 1. The summed E-state index contributed by atoms with van der Waals surface area (Å²) in [6.07, 6.45) is 14.0. The first kappa shape index (κ1) is 40.1. The van der Waals surface area contributed by atoms with Crippen molar-refractivity contribution in [2.24, 2.45) is 11.8 Å². The van der Waals surface area contributed by atoms with Crippen LogP contribution < -0.4 is 10.4 Å². The Kier molecular flexibility index (Phi) is 15.5. The van der Waals surface area contributed by atoms with Crippen LogP contribution in [0.25, 0.3) is 0 Å². The summed E-state index contributed by atoms with van der Waals surface area (Å²) < 4.78 is 56.0. The summed E-state index contributed by atoms with van der Waals surface area (Å²) in [6.45, 7) is 9.47. The lowest BCUT2D eigenvalue weighted by atomic mass is 9.89. The van der Waals surface area contributed by atoms with Crippen molar-refractivity contribution in [3.05, 3.63) is 85.0 Å². The van der Waals surface area contributed by atoms with Crippen LogP contribution in [0.1, 0.15) is 105 Å². The molecule has 276 valence electrons. The lowest BCUT2D eigenvalue weighted by molar-refractivity contribution is -0.193. The lowest BCUT2D eigenvalue weighted by Crippen LogP contribution is -2.68. The molecule has 2 aromatic rings. The summed E-state index contributed by atoms with van der Waals surface area (Å²) >= 11 is 0. The average Bonchev–Trinajstić information content (AvgIpc) is 3.42. The molecule has 50 heavy (non-hydrogen) atoms. The van der Waals surface area contributed by atoms with Crippen LogP contribution in [0.5, 0.6) is 0 Å². The molecule has 0 bridgehead atoms. The van der Waals surface area contributed by atoms with Crippen LogP contribution in [0, 0.1) is 11.8 Å². The maximum Gasteiger partial charge on any atom is 0.305 e. The Morgan fingerprint density at radius 3 is 2.20 bits per heavy atom. The fourth-order valence-corrected chi connectivity index (χ4v) is 12.4. The smallest absolute Gasteiger partial charge is 0.305 e. The number of methoxy groups -OCH3 is 1. The van der Waals surface area contributed by atoms with E-state index in [4.69, 9.17) is 18.6 Å². The van der Waals surface area contributed by atoms with Crippen molar-refractivity contribution in [3.8, 4) is 0 Å². The zero-order chi connectivity index (χ0) is 36.0. The van der Waals surface area contributed by atoms with E-state index in [1.54, 1.807) is 6.08 Å². The van der Waals surface area contributed by atoms with Crippen LogP contribution in [-0.2, 0) is 23.4 Å². The van der Waals surface area contributed by atoms with Gasteiger partial charge in [0.25, 0.3) is 14.2 Å². The fraction of sp³-hybridized carbons (Fsp3) is 0.595. The highest BCUT2D eigenvalue weighted by Gasteiger charge is 2.55. The van der Waals surface area contributed by atoms with Crippen LogP contribution in [0.15, 0.2) is 85.0 Å². The van der Waals surface area contributed by atoms with Crippen LogP contribution in [-0.4, -0.2) is 52.4 Å². The van der Waals surface area contributed by atoms with Gasteiger partial charge in [0.05, 0.1) is 19.3 Å². The first-order valence-corrected chi connectivity index (χ1v) is 20.8. The van der Waals surface area contributed by atoms with Gasteiger partial charge in [-0.3, -0.25) is 4.79 Å². The summed E-state index contributed by atoms with van der Waals surface area (Å²) in [5.41, 5.74) is 0. The van der Waals surface area contributed by atoms with Crippen LogP contribution in [0.3, 0.4) is 0 Å². The Morgan fingerprint density at radius 2 is 1.62 bits per heavy atom. The maximum atomic E-state index is 15.3. The molecule has 2 fully saturated rings. The Hall–Kier alpha value is -2.65. The van der Waals surface area contributed by atoms with E-state index in [-0.39, 0.29) is 47.8 Å². The fourth-order valence-electron chi connectivity index (χ4n) is 7.66. The summed E-state index contributed by atoms with van der Waals surface area (Å²) in [4.78, 5) is 11.7. The van der Waals surface area contributed by atoms with Gasteiger partial charge in [0.1, 0.15) is 0 Å². The number of unbranched alkanes of at least 4 members (excludes halogenated alkanes) is 3. The molecule has 1 unspecified atom stereocenters. The summed E-state index contributed by atoms with van der Waals surface area (Å²) in [6, 6.07) is 21.1. The van der Waals surface area contributed by atoms with E-state index in [1.807, 2.05) is 19.1 Å². The molecule has 1 aliphatic carbocycles. The highest BCUT2D eigenvalue weighted by molar-refractivity contribution is 6.99. The van der Waals surface area contributed by atoms with Gasteiger partial charge in [0.15, 0.2) is 6.29 Å². The number of ether oxygens (including phenoxy) is 3. The number of carbonyl (C=O) groups excluding carboxylic acids is 1. The van der Waals surface area contributed by atoms with Gasteiger partial charge in [0.2, 0.25) is 0 Å². The van der Waals surface area contributed by atoms with Gasteiger partial charge in [-0.2, -0.15) is 0 Å². The largest absolute Gasteiger partial charge is 0.469 e. The van der Waals surface area contributed by atoms with E-state index in [2.05, 4.69) is 81.5 Å². The molecule has 2 aliphatic rings. The highest BCUT2D eigenvalue weighted by atomic mass is 28.4. The van der Waals surface area contributed by atoms with Crippen molar-refractivity contribution in [2.75, 3.05) is 13.7 Å². The number of hydrogen-bond acceptors (Lipinski definition) is 5. The van der Waals surface area contributed by atoms with Gasteiger partial charge in [-0.25, -0.2) is 8.78 Å². The zero-order valence-electron chi connectivity index (χ0n) is 31.0. The van der Waals surface area contributed by atoms with E-state index in [0.717, 1.165) is 44.6 Å². The van der Waals surface area contributed by atoms with E-state index < -0.39 is 14.2 Å². The van der Waals surface area contributed by atoms with Gasteiger partial charge in [0, 0.05) is 25.4 Å². The van der Waals surface area contributed by atoms with Crippen molar-refractivity contribution in [1.29, 1.82) is 0 Å². The van der Waals surface area contributed by atoms with E-state index >= 15 is 8.78 Å². The third kappa shape index (κ3) is 10.9. The second kappa shape index (κ2) is 19.3. The minimum Gasteiger partial charge on any atom is -0.469 e. The molecule has 5 atom stereocenters. The topological polar surface area (TPSA) is 54.0 Å². The Morgan fingerprint density at radius 1 is 0.940 bits per heavy atom. The predicted octanol–water partition coefficient (Wildman–Crippen LogP) is 9.54. The number of hydrogen-bond donors (Lipinski definition) is 0. The molecule has 8 heteroatoms. The second-order valence-electron chi connectivity index (χ2n) is 15.0. The lowest BCUT2D eigenvalue weighted by Gasteiger charge is -2.45. The van der Waals surface area contributed by atoms with Crippen molar-refractivity contribution >= 4 is 24.7 Å².